The van der Waals surface area contributed by atoms with Crippen molar-refractivity contribution in [3.05, 3.63) is 24.0 Å². The SMILES string of the molecule is CC(S)Nc1ccc(OCCCOCCCOCC(=O)C(C)C)c(F)c1. The highest BCUT2D eigenvalue weighted by Gasteiger charge is 2.07. The van der Waals surface area contributed by atoms with Crippen LogP contribution in [0.15, 0.2) is 18.2 Å². The van der Waals surface area contributed by atoms with E-state index in [1.165, 1.54) is 6.07 Å². The van der Waals surface area contributed by atoms with Crippen LogP contribution in [0.3, 0.4) is 0 Å². The molecule has 0 radical (unpaired) electrons. The molecule has 1 aromatic carbocycles. The summed E-state index contributed by atoms with van der Waals surface area (Å²) in [5.41, 5.74) is 0.665. The van der Waals surface area contributed by atoms with Gasteiger partial charge in [0, 0.05) is 43.9 Å². The molecule has 0 aromatic heterocycles. The molecule has 1 aromatic rings. The fourth-order valence-corrected chi connectivity index (χ4v) is 2.15. The lowest BCUT2D eigenvalue weighted by Gasteiger charge is -2.12. The second-order valence-corrected chi connectivity index (χ2v) is 7.08. The first-order valence-corrected chi connectivity index (χ1v) is 9.47. The van der Waals surface area contributed by atoms with E-state index in [0.29, 0.717) is 38.5 Å². The number of hydrogen-bond acceptors (Lipinski definition) is 6. The van der Waals surface area contributed by atoms with Crippen LogP contribution in [0.2, 0.25) is 0 Å². The summed E-state index contributed by atoms with van der Waals surface area (Å²) < 4.78 is 30.1. The summed E-state index contributed by atoms with van der Waals surface area (Å²) in [6.07, 6.45) is 1.40. The van der Waals surface area contributed by atoms with Crippen molar-refractivity contribution in [1.82, 2.24) is 0 Å². The molecule has 0 aliphatic carbocycles. The summed E-state index contributed by atoms with van der Waals surface area (Å²) in [6.45, 7) is 7.72. The van der Waals surface area contributed by atoms with Gasteiger partial charge in [-0.25, -0.2) is 4.39 Å². The van der Waals surface area contributed by atoms with E-state index in [2.05, 4.69) is 17.9 Å². The Morgan fingerprint density at radius 2 is 1.77 bits per heavy atom. The quantitative estimate of drug-likeness (QED) is 0.288. The molecule has 1 unspecified atom stereocenters. The van der Waals surface area contributed by atoms with Crippen LogP contribution in [0.1, 0.15) is 33.6 Å². The molecule has 0 bridgehead atoms. The Kier molecular flexibility index (Phi) is 11.3. The van der Waals surface area contributed by atoms with E-state index in [9.17, 15) is 9.18 Å². The van der Waals surface area contributed by atoms with Crippen molar-refractivity contribution in [2.45, 2.75) is 39.0 Å². The summed E-state index contributed by atoms with van der Waals surface area (Å²) in [4.78, 5) is 11.4. The third-order valence-corrected chi connectivity index (χ3v) is 3.59. The first-order chi connectivity index (χ1) is 12.4. The number of thiol groups is 1. The lowest BCUT2D eigenvalue weighted by Crippen LogP contribution is -2.15. The van der Waals surface area contributed by atoms with E-state index in [4.69, 9.17) is 14.2 Å². The fraction of sp³-hybridized carbons (Fsp3) is 0.632. The first kappa shape index (κ1) is 22.7. The number of anilines is 1. The van der Waals surface area contributed by atoms with Gasteiger partial charge in [-0.05, 0) is 25.5 Å². The molecule has 7 heteroatoms. The van der Waals surface area contributed by atoms with Crippen LogP contribution >= 0.6 is 12.6 Å². The van der Waals surface area contributed by atoms with Gasteiger partial charge in [0.15, 0.2) is 17.3 Å². The Hall–Kier alpha value is -1.31. The predicted molar refractivity (Wildman–Crippen MR) is 105 cm³/mol. The lowest BCUT2D eigenvalue weighted by atomic mass is 10.1. The molecule has 0 amide bonds. The van der Waals surface area contributed by atoms with E-state index >= 15 is 0 Å². The number of benzene rings is 1. The molecule has 5 nitrogen and oxygen atoms in total. The van der Waals surface area contributed by atoms with Gasteiger partial charge in [-0.15, -0.1) is 0 Å². The van der Waals surface area contributed by atoms with Gasteiger partial charge in [-0.1, -0.05) is 13.8 Å². The predicted octanol–water partition coefficient (Wildman–Crippen LogP) is 3.93. The monoisotopic (exact) mass is 387 g/mol. The van der Waals surface area contributed by atoms with Crippen molar-refractivity contribution in [3.63, 3.8) is 0 Å². The minimum atomic E-state index is -0.405. The van der Waals surface area contributed by atoms with Crippen LogP contribution in [0.5, 0.6) is 5.75 Å². The molecular weight excluding hydrogens is 357 g/mol. The van der Waals surface area contributed by atoms with E-state index in [-0.39, 0.29) is 29.4 Å². The van der Waals surface area contributed by atoms with Crippen LogP contribution in [0, 0.1) is 11.7 Å². The maximum atomic E-state index is 13.9. The van der Waals surface area contributed by atoms with E-state index in [1.54, 1.807) is 12.1 Å². The summed E-state index contributed by atoms with van der Waals surface area (Å²) in [5.74, 6) is -0.0575. The standard InChI is InChI=1S/C19H30FNO4S/c1-14(2)18(22)13-24-10-4-8-23-9-5-11-25-19-7-6-16(12-17(19)20)21-15(3)26/h6-7,12,14-15,21,26H,4-5,8-11,13H2,1-3H3. The summed E-state index contributed by atoms with van der Waals surface area (Å²) in [5, 5.41) is 2.95. The number of hydrogen-bond donors (Lipinski definition) is 2. The number of nitrogens with one attached hydrogen (secondary N) is 1. The van der Waals surface area contributed by atoms with Crippen LogP contribution in [-0.2, 0) is 14.3 Å². The van der Waals surface area contributed by atoms with Gasteiger partial charge in [0.2, 0.25) is 0 Å². The number of carbonyl (C=O) groups excluding carboxylic acids is 1. The lowest BCUT2D eigenvalue weighted by molar-refractivity contribution is -0.126. The third-order valence-electron chi connectivity index (χ3n) is 3.46. The van der Waals surface area contributed by atoms with Crippen LogP contribution in [0.25, 0.3) is 0 Å². The number of rotatable bonds is 14. The number of ether oxygens (including phenoxy) is 3. The van der Waals surface area contributed by atoms with Crippen molar-refractivity contribution >= 4 is 24.1 Å². The van der Waals surface area contributed by atoms with Gasteiger partial charge in [-0.3, -0.25) is 4.79 Å². The second kappa shape index (κ2) is 12.9. The molecule has 0 saturated carbocycles. The molecular formula is C19H30FNO4S. The van der Waals surface area contributed by atoms with Crippen molar-refractivity contribution in [3.8, 4) is 5.75 Å². The van der Waals surface area contributed by atoms with Gasteiger partial charge in [0.1, 0.15) is 6.61 Å². The second-order valence-electron chi connectivity index (χ2n) is 6.31. The molecule has 0 saturated heterocycles. The summed E-state index contributed by atoms with van der Waals surface area (Å²) >= 11 is 4.20. The molecule has 0 aliphatic rings. The Balaban J connectivity index is 2.04. The van der Waals surface area contributed by atoms with Crippen molar-refractivity contribution < 1.29 is 23.4 Å². The number of halogens is 1. The summed E-state index contributed by atoms with van der Waals surface area (Å²) in [7, 11) is 0. The Morgan fingerprint density at radius 3 is 2.38 bits per heavy atom. The maximum absolute atomic E-state index is 13.9. The van der Waals surface area contributed by atoms with E-state index in [0.717, 1.165) is 6.42 Å². The van der Waals surface area contributed by atoms with Gasteiger partial charge in [0.25, 0.3) is 0 Å². The average molecular weight is 388 g/mol. The van der Waals surface area contributed by atoms with E-state index < -0.39 is 5.82 Å². The van der Waals surface area contributed by atoms with Crippen molar-refractivity contribution in [2.75, 3.05) is 38.4 Å². The number of ketones is 1. The highest BCUT2D eigenvalue weighted by molar-refractivity contribution is 7.81. The number of carbonyl (C=O) groups is 1. The Labute approximate surface area is 161 Å². The van der Waals surface area contributed by atoms with Gasteiger partial charge in [0.05, 0.1) is 12.0 Å². The zero-order chi connectivity index (χ0) is 19.4. The molecule has 26 heavy (non-hydrogen) atoms. The van der Waals surface area contributed by atoms with Crippen LogP contribution in [-0.4, -0.2) is 44.2 Å². The van der Waals surface area contributed by atoms with Gasteiger partial charge >= 0.3 is 0 Å². The molecule has 0 spiro atoms. The fourth-order valence-electron chi connectivity index (χ4n) is 2.00. The molecule has 1 atom stereocenters. The minimum absolute atomic E-state index is 0.00935. The number of Topliss-reactive ketones (excluding diaryl/α,β-unsaturated/α-hetero) is 1. The van der Waals surface area contributed by atoms with Gasteiger partial charge < -0.3 is 19.5 Å². The third kappa shape index (κ3) is 9.99. The van der Waals surface area contributed by atoms with E-state index in [1.807, 2.05) is 20.8 Å². The summed E-state index contributed by atoms with van der Waals surface area (Å²) in [6, 6.07) is 4.75. The largest absolute Gasteiger partial charge is 0.490 e. The highest BCUT2D eigenvalue weighted by Crippen LogP contribution is 2.22. The van der Waals surface area contributed by atoms with Crippen LogP contribution in [0.4, 0.5) is 10.1 Å². The zero-order valence-electron chi connectivity index (χ0n) is 15.8. The molecule has 1 rings (SSSR count). The van der Waals surface area contributed by atoms with Crippen molar-refractivity contribution in [1.29, 1.82) is 0 Å². The van der Waals surface area contributed by atoms with Crippen LogP contribution < -0.4 is 10.1 Å². The smallest absolute Gasteiger partial charge is 0.167 e. The normalized spacial score (nSPS) is 12.2. The topological polar surface area (TPSA) is 56.8 Å². The molecule has 0 aliphatic heterocycles. The first-order valence-electron chi connectivity index (χ1n) is 8.95. The average Bonchev–Trinajstić information content (AvgIpc) is 2.57. The minimum Gasteiger partial charge on any atom is -0.490 e. The Morgan fingerprint density at radius 1 is 1.12 bits per heavy atom. The highest BCUT2D eigenvalue weighted by atomic mass is 32.1. The zero-order valence-corrected chi connectivity index (χ0v) is 16.7. The molecule has 0 fully saturated rings. The molecule has 0 heterocycles. The molecule has 148 valence electrons. The van der Waals surface area contributed by atoms with Crippen molar-refractivity contribution in [2.24, 2.45) is 5.92 Å². The Bertz CT molecular complexity index is 540. The maximum Gasteiger partial charge on any atom is 0.167 e. The van der Waals surface area contributed by atoms with Gasteiger partial charge in [-0.2, -0.15) is 12.6 Å². The molecule has 1 N–H and O–H groups in total.